The highest BCUT2D eigenvalue weighted by molar-refractivity contribution is 8.27. The Balaban J connectivity index is 1.66. The number of carboxylic acids is 1. The van der Waals surface area contributed by atoms with Gasteiger partial charge < -0.3 is 19.7 Å². The van der Waals surface area contributed by atoms with Crippen molar-refractivity contribution in [2.24, 2.45) is 0 Å². The van der Waals surface area contributed by atoms with Gasteiger partial charge in [0.15, 0.2) is 15.8 Å². The second kappa shape index (κ2) is 6.60. The van der Waals surface area contributed by atoms with Crippen molar-refractivity contribution in [2.75, 3.05) is 11.7 Å². The first-order chi connectivity index (χ1) is 12.9. The van der Waals surface area contributed by atoms with E-state index in [2.05, 4.69) is 0 Å². The normalized spacial score (nSPS) is 17.0. The monoisotopic (exact) mass is 400 g/mol. The van der Waals surface area contributed by atoms with Crippen molar-refractivity contribution in [2.45, 2.75) is 0 Å². The number of thiocarbonyl (C=S) groups is 1. The summed E-state index contributed by atoms with van der Waals surface area (Å²) in [6.07, 6.45) is 1.67. The Morgan fingerprint density at radius 1 is 1.22 bits per heavy atom. The maximum absolute atomic E-state index is 12.8. The highest BCUT2D eigenvalue weighted by Gasteiger charge is 2.33. The van der Waals surface area contributed by atoms with E-state index in [0.29, 0.717) is 16.4 Å². The van der Waals surface area contributed by atoms with E-state index in [9.17, 15) is 14.7 Å². The Bertz CT molecular complexity index is 1030. The SMILES string of the molecule is O=C(O)c1cc(N2C(=O)/C(=C/c3ccc4c(c3)OCO4)SC2=S)ccc1[O-]. The molecule has 0 aromatic heterocycles. The van der Waals surface area contributed by atoms with E-state index in [0.717, 1.165) is 29.5 Å². The third kappa shape index (κ3) is 3.11. The number of nitrogens with zero attached hydrogens (tertiary/aromatic N) is 1. The van der Waals surface area contributed by atoms with Crippen molar-refractivity contribution in [3.63, 3.8) is 0 Å². The molecule has 9 heteroatoms. The minimum absolute atomic E-state index is 0.155. The van der Waals surface area contributed by atoms with Crippen LogP contribution in [0.3, 0.4) is 0 Å². The number of ether oxygens (including phenoxy) is 2. The van der Waals surface area contributed by atoms with Gasteiger partial charge in [0, 0.05) is 0 Å². The number of carbonyl (C=O) groups is 2. The van der Waals surface area contributed by atoms with E-state index < -0.39 is 23.2 Å². The topological polar surface area (TPSA) is 99.1 Å². The third-order valence-corrected chi connectivity index (χ3v) is 5.24. The smallest absolute Gasteiger partial charge is 0.335 e. The van der Waals surface area contributed by atoms with Crippen LogP contribution in [0.25, 0.3) is 6.08 Å². The molecule has 2 heterocycles. The summed E-state index contributed by atoms with van der Waals surface area (Å²) in [6, 6.07) is 8.93. The maximum Gasteiger partial charge on any atom is 0.335 e. The summed E-state index contributed by atoms with van der Waals surface area (Å²) in [5.41, 5.74) is 0.561. The molecule has 0 unspecified atom stereocenters. The van der Waals surface area contributed by atoms with Crippen LogP contribution in [0.2, 0.25) is 0 Å². The number of carbonyl (C=O) groups excluding carboxylic acids is 1. The van der Waals surface area contributed by atoms with Crippen LogP contribution in [0.4, 0.5) is 5.69 Å². The molecule has 2 aliphatic heterocycles. The fraction of sp³-hybridized carbons (Fsp3) is 0.0556. The molecule has 1 saturated heterocycles. The number of thioether (sulfide) groups is 1. The van der Waals surface area contributed by atoms with Gasteiger partial charge in [-0.2, -0.15) is 0 Å². The minimum atomic E-state index is -1.36. The third-order valence-electron chi connectivity index (χ3n) is 3.94. The van der Waals surface area contributed by atoms with Gasteiger partial charge in [-0.05, 0) is 35.9 Å². The molecule has 7 nitrogen and oxygen atoms in total. The van der Waals surface area contributed by atoms with Crippen LogP contribution in [0.15, 0.2) is 41.3 Å². The first-order valence-electron chi connectivity index (χ1n) is 7.66. The lowest BCUT2D eigenvalue weighted by atomic mass is 10.1. The Hall–Kier alpha value is -3.04. The van der Waals surface area contributed by atoms with Crippen LogP contribution < -0.4 is 19.5 Å². The predicted octanol–water partition coefficient (Wildman–Crippen LogP) is 2.59. The van der Waals surface area contributed by atoms with Crippen LogP contribution in [0, 0.1) is 0 Å². The van der Waals surface area contributed by atoms with E-state index in [1.807, 2.05) is 0 Å². The molecule has 27 heavy (non-hydrogen) atoms. The van der Waals surface area contributed by atoms with Crippen molar-refractivity contribution in [1.82, 2.24) is 0 Å². The lowest BCUT2D eigenvalue weighted by Gasteiger charge is -2.18. The molecule has 136 valence electrons. The first kappa shape index (κ1) is 17.4. The largest absolute Gasteiger partial charge is 0.872 e. The van der Waals surface area contributed by atoms with E-state index in [4.69, 9.17) is 26.8 Å². The zero-order valence-electron chi connectivity index (χ0n) is 13.5. The van der Waals surface area contributed by atoms with Gasteiger partial charge in [0.25, 0.3) is 5.91 Å². The van der Waals surface area contributed by atoms with Crippen molar-refractivity contribution < 1.29 is 29.3 Å². The molecule has 0 saturated carbocycles. The number of anilines is 1. The highest BCUT2D eigenvalue weighted by atomic mass is 32.2. The summed E-state index contributed by atoms with van der Waals surface area (Å²) < 4.78 is 10.8. The Kier molecular flexibility index (Phi) is 4.25. The van der Waals surface area contributed by atoms with Gasteiger partial charge in [-0.1, -0.05) is 41.9 Å². The van der Waals surface area contributed by atoms with Gasteiger partial charge in [-0.15, -0.1) is 0 Å². The van der Waals surface area contributed by atoms with Crippen molar-refractivity contribution in [1.29, 1.82) is 0 Å². The van der Waals surface area contributed by atoms with Gasteiger partial charge in [0.1, 0.15) is 0 Å². The van der Waals surface area contributed by atoms with E-state index >= 15 is 0 Å². The van der Waals surface area contributed by atoms with Gasteiger partial charge in [-0.3, -0.25) is 9.69 Å². The Labute approximate surface area is 162 Å². The van der Waals surface area contributed by atoms with Crippen LogP contribution in [-0.2, 0) is 4.79 Å². The molecule has 0 aliphatic carbocycles. The lowest BCUT2D eigenvalue weighted by molar-refractivity contribution is -0.268. The number of hydrogen-bond donors (Lipinski definition) is 1. The molecule has 1 N–H and O–H groups in total. The van der Waals surface area contributed by atoms with E-state index in [1.165, 1.54) is 11.0 Å². The van der Waals surface area contributed by atoms with Crippen LogP contribution in [-0.4, -0.2) is 28.1 Å². The second-order valence-corrected chi connectivity index (χ2v) is 7.29. The Morgan fingerprint density at radius 3 is 2.78 bits per heavy atom. The van der Waals surface area contributed by atoms with Crippen LogP contribution in [0.5, 0.6) is 17.2 Å². The van der Waals surface area contributed by atoms with Crippen LogP contribution >= 0.6 is 24.0 Å². The molecule has 1 amide bonds. The first-order valence-corrected chi connectivity index (χ1v) is 8.88. The fourth-order valence-electron chi connectivity index (χ4n) is 2.67. The zero-order chi connectivity index (χ0) is 19.1. The standard InChI is InChI=1S/C18H11NO6S2/c20-12-3-2-10(7-11(12)17(22)23)19-16(21)15(27-18(19)26)6-9-1-4-13-14(5-9)25-8-24-13/h1-7,20H,8H2,(H,22,23)/p-1/b15-6-. The van der Waals surface area contributed by atoms with Crippen molar-refractivity contribution in [3.05, 3.63) is 52.4 Å². The molecule has 2 aliphatic rings. The number of aromatic carboxylic acids is 1. The molecule has 1 fully saturated rings. The molecular weight excluding hydrogens is 390 g/mol. The summed E-state index contributed by atoms with van der Waals surface area (Å²) in [5.74, 6) is -1.15. The molecule has 2 aromatic rings. The Morgan fingerprint density at radius 2 is 2.00 bits per heavy atom. The maximum atomic E-state index is 12.8. The molecule has 0 atom stereocenters. The number of fused-ring (bicyclic) bond motifs is 1. The number of rotatable bonds is 3. The summed E-state index contributed by atoms with van der Waals surface area (Å²) in [7, 11) is 0. The molecule has 0 bridgehead atoms. The van der Waals surface area contributed by atoms with Gasteiger partial charge in [0.05, 0.1) is 16.2 Å². The van der Waals surface area contributed by atoms with Gasteiger partial charge in [0.2, 0.25) is 6.79 Å². The van der Waals surface area contributed by atoms with E-state index in [-0.39, 0.29) is 16.8 Å². The minimum Gasteiger partial charge on any atom is -0.872 e. The molecule has 4 rings (SSSR count). The average molecular weight is 400 g/mol. The molecule has 0 spiro atoms. The number of hydrogen-bond acceptors (Lipinski definition) is 7. The summed E-state index contributed by atoms with van der Waals surface area (Å²) in [4.78, 5) is 25.6. The van der Waals surface area contributed by atoms with E-state index in [1.54, 1.807) is 24.3 Å². The summed E-state index contributed by atoms with van der Waals surface area (Å²) in [5, 5.41) is 20.7. The number of carboxylic acid groups (broad SMARTS) is 1. The number of amides is 1. The summed E-state index contributed by atoms with van der Waals surface area (Å²) in [6.45, 7) is 0.155. The van der Waals surface area contributed by atoms with Gasteiger partial charge >= 0.3 is 5.97 Å². The predicted molar refractivity (Wildman–Crippen MR) is 101 cm³/mol. The summed E-state index contributed by atoms with van der Waals surface area (Å²) >= 11 is 6.37. The quantitative estimate of drug-likeness (QED) is 0.620. The lowest BCUT2D eigenvalue weighted by Crippen LogP contribution is -2.27. The van der Waals surface area contributed by atoms with Crippen molar-refractivity contribution in [3.8, 4) is 17.2 Å². The fourth-order valence-corrected chi connectivity index (χ4v) is 3.97. The van der Waals surface area contributed by atoms with Gasteiger partial charge in [-0.25, -0.2) is 4.79 Å². The average Bonchev–Trinajstić information content (AvgIpc) is 3.20. The molecule has 2 aromatic carbocycles. The zero-order valence-corrected chi connectivity index (χ0v) is 15.1. The molecular formula is C18H10NO6S2-. The van der Waals surface area contributed by atoms with Crippen LogP contribution in [0.1, 0.15) is 15.9 Å². The van der Waals surface area contributed by atoms with Crippen molar-refractivity contribution >= 4 is 51.9 Å². The number of benzene rings is 2. The molecule has 0 radical (unpaired) electrons. The second-order valence-electron chi connectivity index (χ2n) is 5.62. The highest BCUT2D eigenvalue weighted by Crippen LogP contribution is 2.38.